The lowest BCUT2D eigenvalue weighted by Gasteiger charge is -2.06. The first kappa shape index (κ1) is 16.3. The highest BCUT2D eigenvalue weighted by Crippen LogP contribution is 2.18. The fourth-order valence-corrected chi connectivity index (χ4v) is 3.27. The van der Waals surface area contributed by atoms with Crippen LogP contribution in [-0.2, 0) is 6.42 Å². The number of amides is 1. The molecule has 2 aromatic heterocycles. The molecular weight excluding hydrogens is 322 g/mol. The van der Waals surface area contributed by atoms with Crippen LogP contribution >= 0.6 is 11.3 Å². The molecule has 7 heteroatoms. The van der Waals surface area contributed by atoms with Gasteiger partial charge in [-0.1, -0.05) is 18.3 Å². The molecule has 0 bridgehead atoms. The van der Waals surface area contributed by atoms with Crippen molar-refractivity contribution < 1.29 is 4.79 Å². The first-order valence-electron chi connectivity index (χ1n) is 7.84. The summed E-state index contributed by atoms with van der Waals surface area (Å²) >= 11 is 1.42. The highest BCUT2D eigenvalue weighted by Gasteiger charge is 2.11. The fraction of sp³-hybridized carbons (Fsp3) is 0.294. The summed E-state index contributed by atoms with van der Waals surface area (Å²) in [5.74, 6) is -0.186. The summed E-state index contributed by atoms with van der Waals surface area (Å²) in [4.78, 5) is 12.3. The van der Waals surface area contributed by atoms with Crippen LogP contribution in [0.15, 0.2) is 30.3 Å². The molecule has 2 heterocycles. The van der Waals surface area contributed by atoms with Gasteiger partial charge in [0.25, 0.3) is 5.91 Å². The van der Waals surface area contributed by atoms with E-state index in [1.165, 1.54) is 11.3 Å². The van der Waals surface area contributed by atoms with Gasteiger partial charge >= 0.3 is 0 Å². The first-order valence-corrected chi connectivity index (χ1v) is 8.66. The average Bonchev–Trinajstić information content (AvgIpc) is 3.14. The molecule has 3 rings (SSSR count). The van der Waals surface area contributed by atoms with Gasteiger partial charge in [-0.3, -0.25) is 10.1 Å². The van der Waals surface area contributed by atoms with Gasteiger partial charge in [0, 0.05) is 17.7 Å². The third kappa shape index (κ3) is 3.51. The zero-order valence-electron chi connectivity index (χ0n) is 13.9. The second kappa shape index (κ2) is 6.92. The Balaban J connectivity index is 1.72. The fourth-order valence-electron chi connectivity index (χ4n) is 2.43. The Morgan fingerprint density at radius 1 is 1.21 bits per heavy atom. The summed E-state index contributed by atoms with van der Waals surface area (Å²) in [6.45, 7) is 6.05. The van der Waals surface area contributed by atoms with E-state index in [1.54, 1.807) is 12.1 Å². The van der Waals surface area contributed by atoms with E-state index in [9.17, 15) is 4.79 Å². The van der Waals surface area contributed by atoms with Crippen LogP contribution in [-0.4, -0.2) is 25.9 Å². The van der Waals surface area contributed by atoms with Gasteiger partial charge in [-0.25, -0.2) is 4.68 Å². The van der Waals surface area contributed by atoms with Gasteiger partial charge in [0.2, 0.25) is 5.13 Å². The lowest BCUT2D eigenvalue weighted by atomic mass is 10.2. The second-order valence-electron chi connectivity index (χ2n) is 5.59. The van der Waals surface area contributed by atoms with Gasteiger partial charge in [-0.05, 0) is 50.6 Å². The normalized spacial score (nSPS) is 10.8. The third-order valence-corrected chi connectivity index (χ3v) is 4.43. The second-order valence-corrected chi connectivity index (χ2v) is 6.65. The van der Waals surface area contributed by atoms with Crippen LogP contribution in [0.4, 0.5) is 5.13 Å². The summed E-state index contributed by atoms with van der Waals surface area (Å²) in [6, 6.07) is 9.36. The van der Waals surface area contributed by atoms with Crippen LogP contribution in [0.1, 0.15) is 40.1 Å². The molecule has 0 atom stereocenters. The Labute approximate surface area is 144 Å². The number of carbonyl (C=O) groups excluding carboxylic acids is 1. The molecule has 0 saturated carbocycles. The number of rotatable bonds is 5. The predicted octanol–water partition coefficient (Wildman–Crippen LogP) is 3.55. The Hall–Kier alpha value is -2.54. The average molecular weight is 341 g/mol. The molecule has 0 spiro atoms. The van der Waals surface area contributed by atoms with Crippen molar-refractivity contribution in [1.29, 1.82) is 0 Å². The first-order chi connectivity index (χ1) is 11.6. The van der Waals surface area contributed by atoms with Crippen LogP contribution in [0.5, 0.6) is 0 Å². The summed E-state index contributed by atoms with van der Waals surface area (Å²) < 4.78 is 1.86. The topological polar surface area (TPSA) is 72.7 Å². The van der Waals surface area contributed by atoms with Crippen LogP contribution in [0.3, 0.4) is 0 Å². The Morgan fingerprint density at radius 2 is 1.96 bits per heavy atom. The van der Waals surface area contributed by atoms with Crippen LogP contribution in [0.25, 0.3) is 5.69 Å². The molecule has 6 nitrogen and oxygen atoms in total. The molecule has 1 amide bonds. The van der Waals surface area contributed by atoms with E-state index >= 15 is 0 Å². The number of hydrogen-bond acceptors (Lipinski definition) is 5. The predicted molar refractivity (Wildman–Crippen MR) is 94.9 cm³/mol. The van der Waals surface area contributed by atoms with E-state index < -0.39 is 0 Å². The number of aromatic nitrogens is 4. The molecule has 1 N–H and O–H groups in total. The lowest BCUT2D eigenvalue weighted by Crippen LogP contribution is -2.12. The molecule has 3 aromatic rings. The lowest BCUT2D eigenvalue weighted by molar-refractivity contribution is 0.102. The van der Waals surface area contributed by atoms with Crippen molar-refractivity contribution in [2.24, 2.45) is 0 Å². The molecule has 0 radical (unpaired) electrons. The third-order valence-electron chi connectivity index (χ3n) is 3.53. The van der Waals surface area contributed by atoms with Crippen molar-refractivity contribution in [2.45, 2.75) is 33.6 Å². The standard InChI is InChI=1S/C17H19N5OS/c1-4-5-15-19-20-17(24-15)18-16(23)13-6-8-14(9-7-13)22-12(3)10-11(2)21-22/h6-10H,4-5H2,1-3H3,(H,18,20,23). The van der Waals surface area contributed by atoms with Crippen LogP contribution < -0.4 is 5.32 Å². The van der Waals surface area contributed by atoms with E-state index in [2.05, 4.69) is 27.5 Å². The smallest absolute Gasteiger partial charge is 0.257 e. The molecule has 0 saturated heterocycles. The van der Waals surface area contributed by atoms with Crippen molar-refractivity contribution in [3.8, 4) is 5.69 Å². The Bertz CT molecular complexity index is 850. The molecule has 24 heavy (non-hydrogen) atoms. The minimum absolute atomic E-state index is 0.186. The molecule has 124 valence electrons. The van der Waals surface area contributed by atoms with Crippen molar-refractivity contribution in [1.82, 2.24) is 20.0 Å². The minimum Gasteiger partial charge on any atom is -0.296 e. The summed E-state index contributed by atoms with van der Waals surface area (Å²) in [5.41, 5.74) is 3.53. The van der Waals surface area contributed by atoms with E-state index in [0.29, 0.717) is 10.7 Å². The number of benzene rings is 1. The maximum absolute atomic E-state index is 12.3. The summed E-state index contributed by atoms with van der Waals surface area (Å²) in [5, 5.41) is 16.8. The van der Waals surface area contributed by atoms with Gasteiger partial charge < -0.3 is 0 Å². The van der Waals surface area contributed by atoms with E-state index in [1.807, 2.05) is 36.7 Å². The monoisotopic (exact) mass is 341 g/mol. The molecule has 0 aliphatic heterocycles. The van der Waals surface area contributed by atoms with Crippen molar-refractivity contribution >= 4 is 22.4 Å². The largest absolute Gasteiger partial charge is 0.296 e. The maximum atomic E-state index is 12.3. The van der Waals surface area contributed by atoms with E-state index in [-0.39, 0.29) is 5.91 Å². The SMILES string of the molecule is CCCc1nnc(NC(=O)c2ccc(-n3nc(C)cc3C)cc2)s1. The molecule has 1 aromatic carbocycles. The molecular formula is C17H19N5OS. The minimum atomic E-state index is -0.186. The molecule has 0 aliphatic carbocycles. The number of anilines is 1. The van der Waals surface area contributed by atoms with Gasteiger partial charge in [-0.2, -0.15) is 5.10 Å². The highest BCUT2D eigenvalue weighted by molar-refractivity contribution is 7.15. The highest BCUT2D eigenvalue weighted by atomic mass is 32.1. The molecule has 0 unspecified atom stereocenters. The summed E-state index contributed by atoms with van der Waals surface area (Å²) in [6.07, 6.45) is 1.89. The van der Waals surface area contributed by atoms with Crippen LogP contribution in [0, 0.1) is 13.8 Å². The van der Waals surface area contributed by atoms with Crippen molar-refractivity contribution in [3.63, 3.8) is 0 Å². The van der Waals surface area contributed by atoms with Crippen LogP contribution in [0.2, 0.25) is 0 Å². The van der Waals surface area contributed by atoms with Gasteiger partial charge in [0.1, 0.15) is 5.01 Å². The molecule has 0 aliphatic rings. The number of nitrogens with one attached hydrogen (secondary N) is 1. The number of aryl methyl sites for hydroxylation is 3. The van der Waals surface area contributed by atoms with Gasteiger partial charge in [-0.15, -0.1) is 10.2 Å². The quantitative estimate of drug-likeness (QED) is 0.770. The maximum Gasteiger partial charge on any atom is 0.257 e. The molecule has 0 fully saturated rings. The van der Waals surface area contributed by atoms with Crippen molar-refractivity contribution in [3.05, 3.63) is 52.3 Å². The zero-order valence-corrected chi connectivity index (χ0v) is 14.7. The Morgan fingerprint density at radius 3 is 2.58 bits per heavy atom. The van der Waals surface area contributed by atoms with E-state index in [4.69, 9.17) is 0 Å². The number of hydrogen-bond donors (Lipinski definition) is 1. The van der Waals surface area contributed by atoms with Gasteiger partial charge in [0.05, 0.1) is 11.4 Å². The van der Waals surface area contributed by atoms with E-state index in [0.717, 1.165) is 34.9 Å². The Kier molecular flexibility index (Phi) is 4.71. The number of nitrogens with zero attached hydrogens (tertiary/aromatic N) is 4. The number of carbonyl (C=O) groups is 1. The zero-order chi connectivity index (χ0) is 17.1. The van der Waals surface area contributed by atoms with Gasteiger partial charge in [0.15, 0.2) is 0 Å². The summed E-state index contributed by atoms with van der Waals surface area (Å²) in [7, 11) is 0. The van der Waals surface area contributed by atoms with Crippen molar-refractivity contribution in [2.75, 3.05) is 5.32 Å².